The van der Waals surface area contributed by atoms with Gasteiger partial charge in [0.2, 0.25) is 17.7 Å². The second-order valence-corrected chi connectivity index (χ2v) is 4.10. The summed E-state index contributed by atoms with van der Waals surface area (Å²) in [5.74, 6) is -1.13. The Morgan fingerprint density at radius 2 is 2.00 bits per heavy atom. The van der Waals surface area contributed by atoms with Gasteiger partial charge in [-0.05, 0) is 5.92 Å². The van der Waals surface area contributed by atoms with Crippen LogP contribution in [-0.4, -0.2) is 29.8 Å². The van der Waals surface area contributed by atoms with Crippen molar-refractivity contribution in [3.05, 3.63) is 0 Å². The molecule has 0 unspecified atom stereocenters. The van der Waals surface area contributed by atoms with E-state index in [0.717, 1.165) is 6.42 Å². The third-order valence-corrected chi connectivity index (χ3v) is 2.83. The first-order valence-electron chi connectivity index (χ1n) is 5.34. The van der Waals surface area contributed by atoms with Crippen LogP contribution in [0.1, 0.15) is 26.7 Å². The van der Waals surface area contributed by atoms with Crippen LogP contribution in [0.4, 0.5) is 0 Å². The number of piperazine rings is 1. The Morgan fingerprint density at radius 1 is 1.38 bits per heavy atom. The van der Waals surface area contributed by atoms with Crippen LogP contribution < -0.4 is 16.4 Å². The van der Waals surface area contributed by atoms with Crippen LogP contribution in [0.25, 0.3) is 0 Å². The highest BCUT2D eigenvalue weighted by molar-refractivity contribution is 5.99. The summed E-state index contributed by atoms with van der Waals surface area (Å²) in [6, 6.07) is -1.34. The van der Waals surface area contributed by atoms with Crippen molar-refractivity contribution in [1.82, 2.24) is 10.6 Å². The molecule has 1 aliphatic heterocycles. The van der Waals surface area contributed by atoms with Crippen molar-refractivity contribution in [1.29, 1.82) is 0 Å². The fourth-order valence-corrected chi connectivity index (χ4v) is 1.63. The predicted octanol–water partition coefficient (Wildman–Crippen LogP) is -1.11. The van der Waals surface area contributed by atoms with Crippen LogP contribution in [0, 0.1) is 5.92 Å². The standard InChI is InChI=1S/C10H17N3O3/c1-3-5(2)8-10(16)12-6(4-7(11)14)9(15)13-8/h5-6,8H,3-4H2,1-2H3,(H2,11,14)(H,12,16)(H,13,15)/t5-,6-,8-/m1/s1. The number of hydrogen-bond donors (Lipinski definition) is 3. The highest BCUT2D eigenvalue weighted by Gasteiger charge is 2.36. The van der Waals surface area contributed by atoms with Gasteiger partial charge in [-0.25, -0.2) is 0 Å². The van der Waals surface area contributed by atoms with Crippen molar-refractivity contribution in [3.63, 3.8) is 0 Å². The van der Waals surface area contributed by atoms with Gasteiger partial charge in [0, 0.05) is 0 Å². The highest BCUT2D eigenvalue weighted by Crippen LogP contribution is 2.12. The third-order valence-electron chi connectivity index (χ3n) is 2.83. The molecule has 0 aromatic heterocycles. The molecule has 0 radical (unpaired) electrons. The van der Waals surface area contributed by atoms with Gasteiger partial charge >= 0.3 is 0 Å². The van der Waals surface area contributed by atoms with Gasteiger partial charge in [-0.1, -0.05) is 20.3 Å². The van der Waals surface area contributed by atoms with E-state index in [2.05, 4.69) is 10.6 Å². The molecule has 6 nitrogen and oxygen atoms in total. The maximum atomic E-state index is 11.7. The van der Waals surface area contributed by atoms with Crippen molar-refractivity contribution in [2.75, 3.05) is 0 Å². The first kappa shape index (κ1) is 12.5. The van der Waals surface area contributed by atoms with Gasteiger partial charge in [-0.15, -0.1) is 0 Å². The molecule has 3 atom stereocenters. The summed E-state index contributed by atoms with van der Waals surface area (Å²) in [6.07, 6.45) is 0.629. The van der Waals surface area contributed by atoms with Gasteiger partial charge in [0.25, 0.3) is 0 Å². The van der Waals surface area contributed by atoms with E-state index in [1.807, 2.05) is 13.8 Å². The lowest BCUT2D eigenvalue weighted by Gasteiger charge is -2.32. The monoisotopic (exact) mass is 227 g/mol. The van der Waals surface area contributed by atoms with E-state index >= 15 is 0 Å². The SMILES string of the molecule is CC[C@@H](C)[C@H]1NC(=O)[C@@H](CC(N)=O)NC1=O. The minimum absolute atomic E-state index is 0.0680. The smallest absolute Gasteiger partial charge is 0.243 e. The van der Waals surface area contributed by atoms with Crippen molar-refractivity contribution in [3.8, 4) is 0 Å². The Balaban J connectivity index is 2.67. The molecule has 4 N–H and O–H groups in total. The number of carbonyl (C=O) groups is 3. The Bertz CT molecular complexity index is 316. The average Bonchev–Trinajstić information content (AvgIpc) is 2.21. The first-order chi connectivity index (χ1) is 7.45. The Kier molecular flexibility index (Phi) is 3.87. The molecule has 1 saturated heterocycles. The van der Waals surface area contributed by atoms with Crippen LogP contribution in [-0.2, 0) is 14.4 Å². The summed E-state index contributed by atoms with van der Waals surface area (Å²) >= 11 is 0. The lowest BCUT2D eigenvalue weighted by Crippen LogP contribution is -2.64. The molecule has 1 rings (SSSR count). The van der Waals surface area contributed by atoms with Crippen LogP contribution in [0.15, 0.2) is 0 Å². The maximum absolute atomic E-state index is 11.7. The number of amides is 3. The molecule has 3 amide bonds. The van der Waals surface area contributed by atoms with Crippen LogP contribution >= 0.6 is 0 Å². The van der Waals surface area contributed by atoms with Crippen LogP contribution in [0.2, 0.25) is 0 Å². The van der Waals surface area contributed by atoms with E-state index in [-0.39, 0.29) is 24.2 Å². The van der Waals surface area contributed by atoms with E-state index in [0.29, 0.717) is 0 Å². The van der Waals surface area contributed by atoms with Crippen molar-refractivity contribution in [2.24, 2.45) is 11.7 Å². The van der Waals surface area contributed by atoms with Gasteiger partial charge in [-0.3, -0.25) is 14.4 Å². The normalized spacial score (nSPS) is 26.9. The van der Waals surface area contributed by atoms with E-state index in [4.69, 9.17) is 5.73 Å². The van der Waals surface area contributed by atoms with E-state index < -0.39 is 18.0 Å². The topological polar surface area (TPSA) is 101 Å². The Labute approximate surface area is 93.9 Å². The number of carbonyl (C=O) groups excluding carboxylic acids is 3. The molecule has 0 bridgehead atoms. The van der Waals surface area contributed by atoms with E-state index in [1.54, 1.807) is 0 Å². The highest BCUT2D eigenvalue weighted by atomic mass is 16.2. The number of rotatable bonds is 4. The van der Waals surface area contributed by atoms with Crippen molar-refractivity contribution < 1.29 is 14.4 Å². The first-order valence-corrected chi connectivity index (χ1v) is 5.34. The summed E-state index contributed by atoms with van der Waals surface area (Å²) in [7, 11) is 0. The zero-order valence-electron chi connectivity index (χ0n) is 9.45. The lowest BCUT2D eigenvalue weighted by molar-refractivity contribution is -0.139. The van der Waals surface area contributed by atoms with Crippen molar-refractivity contribution >= 4 is 17.7 Å². The maximum Gasteiger partial charge on any atom is 0.243 e. The molecule has 6 heteroatoms. The molecular weight excluding hydrogens is 210 g/mol. The minimum atomic E-state index is -0.828. The molecular formula is C10H17N3O3. The lowest BCUT2D eigenvalue weighted by atomic mass is 9.95. The minimum Gasteiger partial charge on any atom is -0.370 e. The van der Waals surface area contributed by atoms with E-state index in [9.17, 15) is 14.4 Å². The molecule has 1 heterocycles. The third kappa shape index (κ3) is 2.71. The largest absolute Gasteiger partial charge is 0.370 e. The summed E-state index contributed by atoms with van der Waals surface area (Å²) in [5.41, 5.74) is 4.98. The fraction of sp³-hybridized carbons (Fsp3) is 0.700. The molecule has 0 aliphatic carbocycles. The van der Waals surface area contributed by atoms with Gasteiger partial charge in [-0.2, -0.15) is 0 Å². The molecule has 1 fully saturated rings. The molecule has 16 heavy (non-hydrogen) atoms. The summed E-state index contributed by atoms with van der Waals surface area (Å²) in [6.45, 7) is 3.83. The number of nitrogens with one attached hydrogen (secondary N) is 2. The summed E-state index contributed by atoms with van der Waals surface area (Å²) in [5, 5.41) is 5.12. The molecule has 0 aromatic rings. The molecule has 0 saturated carbocycles. The average molecular weight is 227 g/mol. The van der Waals surface area contributed by atoms with Gasteiger partial charge in [0.15, 0.2) is 0 Å². The van der Waals surface area contributed by atoms with Gasteiger partial charge in [0.05, 0.1) is 6.42 Å². The molecule has 1 aliphatic rings. The Morgan fingerprint density at radius 3 is 2.50 bits per heavy atom. The Hall–Kier alpha value is -1.59. The van der Waals surface area contributed by atoms with Gasteiger partial charge in [0.1, 0.15) is 12.1 Å². The second-order valence-electron chi connectivity index (χ2n) is 4.10. The number of hydrogen-bond acceptors (Lipinski definition) is 3. The summed E-state index contributed by atoms with van der Waals surface area (Å²) < 4.78 is 0. The van der Waals surface area contributed by atoms with Crippen LogP contribution in [0.3, 0.4) is 0 Å². The fourth-order valence-electron chi connectivity index (χ4n) is 1.63. The zero-order chi connectivity index (χ0) is 12.3. The molecule has 90 valence electrons. The quantitative estimate of drug-likeness (QED) is 0.567. The number of primary amides is 1. The molecule has 0 spiro atoms. The van der Waals surface area contributed by atoms with Gasteiger partial charge < -0.3 is 16.4 Å². The van der Waals surface area contributed by atoms with Crippen molar-refractivity contribution in [2.45, 2.75) is 38.8 Å². The summed E-state index contributed by atoms with van der Waals surface area (Å²) in [4.78, 5) is 33.9. The second kappa shape index (κ2) is 4.96. The van der Waals surface area contributed by atoms with Crippen LogP contribution in [0.5, 0.6) is 0 Å². The van der Waals surface area contributed by atoms with E-state index in [1.165, 1.54) is 0 Å². The molecule has 0 aromatic carbocycles. The predicted molar refractivity (Wildman–Crippen MR) is 57.1 cm³/mol. The zero-order valence-corrected chi connectivity index (χ0v) is 9.45. The number of nitrogens with two attached hydrogens (primary N) is 1.